The number of nitrogens with zero attached hydrogens (tertiary/aromatic N) is 1. The highest BCUT2D eigenvalue weighted by Crippen LogP contribution is 2.15. The Balaban J connectivity index is 2.21. The van der Waals surface area contributed by atoms with Crippen LogP contribution in [0.25, 0.3) is 10.9 Å². The van der Waals surface area contributed by atoms with E-state index >= 15 is 0 Å². The summed E-state index contributed by atoms with van der Waals surface area (Å²) in [6.45, 7) is 2.15. The van der Waals surface area contributed by atoms with Crippen molar-refractivity contribution in [2.24, 2.45) is 0 Å². The van der Waals surface area contributed by atoms with Gasteiger partial charge in [0.2, 0.25) is 0 Å². The number of para-hydroxylation sites is 1. The first kappa shape index (κ1) is 11.5. The van der Waals surface area contributed by atoms with Gasteiger partial charge in [-0.3, -0.25) is 9.78 Å². The van der Waals surface area contributed by atoms with Crippen molar-refractivity contribution in [3.05, 3.63) is 42.1 Å². The molecule has 17 heavy (non-hydrogen) atoms. The van der Waals surface area contributed by atoms with E-state index in [4.69, 9.17) is 5.11 Å². The molecule has 1 aromatic heterocycles. The molecular formula is C13H14N2O2. The SMILES string of the molecule is C[C@H](NCc1ccnc2ccccc12)C(=O)O. The molecule has 0 amide bonds. The summed E-state index contributed by atoms with van der Waals surface area (Å²) in [7, 11) is 0. The predicted molar refractivity (Wildman–Crippen MR) is 65.7 cm³/mol. The molecule has 2 rings (SSSR count). The Morgan fingerprint density at radius 3 is 2.94 bits per heavy atom. The molecule has 88 valence electrons. The standard InChI is InChI=1S/C13H14N2O2/c1-9(13(16)17)15-8-10-6-7-14-12-5-3-2-4-11(10)12/h2-7,9,15H,8H2,1H3,(H,16,17)/t9-/m0/s1. The minimum absolute atomic E-state index is 0.524. The van der Waals surface area contributed by atoms with Gasteiger partial charge in [-0.15, -0.1) is 0 Å². The third-order valence-corrected chi connectivity index (χ3v) is 2.71. The quantitative estimate of drug-likeness (QED) is 0.840. The van der Waals surface area contributed by atoms with Gasteiger partial charge in [0.25, 0.3) is 0 Å². The van der Waals surface area contributed by atoms with Gasteiger partial charge in [0, 0.05) is 18.1 Å². The second-order valence-corrected chi connectivity index (χ2v) is 3.93. The normalized spacial score (nSPS) is 12.5. The topological polar surface area (TPSA) is 62.2 Å². The van der Waals surface area contributed by atoms with Gasteiger partial charge in [0.1, 0.15) is 6.04 Å². The Hall–Kier alpha value is -1.94. The van der Waals surface area contributed by atoms with Gasteiger partial charge in [-0.05, 0) is 24.6 Å². The molecule has 0 spiro atoms. The van der Waals surface area contributed by atoms with E-state index in [1.807, 2.05) is 30.3 Å². The zero-order valence-electron chi connectivity index (χ0n) is 9.55. The smallest absolute Gasteiger partial charge is 0.320 e. The molecule has 1 heterocycles. The highest BCUT2D eigenvalue weighted by Gasteiger charge is 2.10. The zero-order valence-corrected chi connectivity index (χ0v) is 9.55. The van der Waals surface area contributed by atoms with Crippen molar-refractivity contribution in [2.75, 3.05) is 0 Å². The number of carboxylic acid groups (broad SMARTS) is 1. The fraction of sp³-hybridized carbons (Fsp3) is 0.231. The maximum absolute atomic E-state index is 10.7. The summed E-state index contributed by atoms with van der Waals surface area (Å²) in [4.78, 5) is 15.0. The number of fused-ring (bicyclic) bond motifs is 1. The first-order valence-electron chi connectivity index (χ1n) is 5.47. The summed E-state index contributed by atoms with van der Waals surface area (Å²) >= 11 is 0. The van der Waals surface area contributed by atoms with Crippen molar-refractivity contribution >= 4 is 16.9 Å². The van der Waals surface area contributed by atoms with Crippen LogP contribution in [0.1, 0.15) is 12.5 Å². The maximum Gasteiger partial charge on any atom is 0.320 e. The summed E-state index contributed by atoms with van der Waals surface area (Å²) in [6, 6.07) is 9.18. The van der Waals surface area contributed by atoms with Crippen LogP contribution < -0.4 is 5.32 Å². The fourth-order valence-corrected chi connectivity index (χ4v) is 1.66. The molecule has 0 bridgehead atoms. The van der Waals surface area contributed by atoms with Crippen LogP contribution in [0.2, 0.25) is 0 Å². The van der Waals surface area contributed by atoms with E-state index in [2.05, 4.69) is 10.3 Å². The van der Waals surface area contributed by atoms with Crippen LogP contribution in [0.5, 0.6) is 0 Å². The zero-order chi connectivity index (χ0) is 12.3. The van der Waals surface area contributed by atoms with Crippen molar-refractivity contribution in [1.29, 1.82) is 0 Å². The molecule has 0 aliphatic heterocycles. The van der Waals surface area contributed by atoms with Crippen LogP contribution in [0.15, 0.2) is 36.5 Å². The lowest BCUT2D eigenvalue weighted by Gasteiger charge is -2.10. The molecule has 1 atom stereocenters. The number of pyridine rings is 1. The minimum Gasteiger partial charge on any atom is -0.480 e. The van der Waals surface area contributed by atoms with Gasteiger partial charge in [-0.2, -0.15) is 0 Å². The second kappa shape index (κ2) is 4.93. The van der Waals surface area contributed by atoms with Crippen LogP contribution in [0.3, 0.4) is 0 Å². The summed E-state index contributed by atoms with van der Waals surface area (Å²) in [5, 5.41) is 12.8. The molecule has 0 saturated carbocycles. The van der Waals surface area contributed by atoms with Gasteiger partial charge < -0.3 is 10.4 Å². The highest BCUT2D eigenvalue weighted by atomic mass is 16.4. The average Bonchev–Trinajstić information content (AvgIpc) is 2.35. The number of nitrogens with one attached hydrogen (secondary N) is 1. The Morgan fingerprint density at radius 2 is 2.18 bits per heavy atom. The van der Waals surface area contributed by atoms with Gasteiger partial charge in [0.05, 0.1) is 5.52 Å². The minimum atomic E-state index is -0.844. The number of carbonyl (C=O) groups is 1. The lowest BCUT2D eigenvalue weighted by atomic mass is 10.1. The van der Waals surface area contributed by atoms with Crippen molar-refractivity contribution in [1.82, 2.24) is 10.3 Å². The van der Waals surface area contributed by atoms with Gasteiger partial charge in [-0.25, -0.2) is 0 Å². The molecule has 4 nitrogen and oxygen atoms in total. The molecule has 2 N–H and O–H groups in total. The molecule has 0 saturated heterocycles. The van der Waals surface area contributed by atoms with Gasteiger partial charge in [0.15, 0.2) is 0 Å². The van der Waals surface area contributed by atoms with Crippen LogP contribution in [-0.2, 0) is 11.3 Å². The fourth-order valence-electron chi connectivity index (χ4n) is 1.66. The Kier molecular flexibility index (Phi) is 3.35. The molecule has 1 aromatic carbocycles. The van der Waals surface area contributed by atoms with E-state index in [0.717, 1.165) is 16.5 Å². The summed E-state index contributed by atoms with van der Waals surface area (Å²) in [6.07, 6.45) is 1.74. The van der Waals surface area contributed by atoms with Gasteiger partial charge in [-0.1, -0.05) is 18.2 Å². The molecule has 0 aliphatic carbocycles. The Labute approximate surface area is 99.3 Å². The monoisotopic (exact) mass is 230 g/mol. The molecule has 0 unspecified atom stereocenters. The lowest BCUT2D eigenvalue weighted by molar-refractivity contribution is -0.139. The number of aliphatic carboxylic acids is 1. The van der Waals surface area contributed by atoms with Crippen molar-refractivity contribution in [3.63, 3.8) is 0 Å². The lowest BCUT2D eigenvalue weighted by Crippen LogP contribution is -2.33. The van der Waals surface area contributed by atoms with E-state index in [1.54, 1.807) is 13.1 Å². The van der Waals surface area contributed by atoms with Crippen molar-refractivity contribution in [3.8, 4) is 0 Å². The van der Waals surface area contributed by atoms with Gasteiger partial charge >= 0.3 is 5.97 Å². The number of benzene rings is 1. The van der Waals surface area contributed by atoms with E-state index < -0.39 is 12.0 Å². The number of hydrogen-bond acceptors (Lipinski definition) is 3. The Bertz CT molecular complexity index is 534. The number of carboxylic acids is 1. The highest BCUT2D eigenvalue weighted by molar-refractivity contribution is 5.81. The number of rotatable bonds is 4. The molecular weight excluding hydrogens is 216 g/mol. The predicted octanol–water partition coefficient (Wildman–Crippen LogP) is 1.80. The third kappa shape index (κ3) is 2.60. The van der Waals surface area contributed by atoms with E-state index in [9.17, 15) is 4.79 Å². The van der Waals surface area contributed by atoms with Crippen molar-refractivity contribution < 1.29 is 9.90 Å². The van der Waals surface area contributed by atoms with E-state index in [0.29, 0.717) is 6.54 Å². The molecule has 2 aromatic rings. The van der Waals surface area contributed by atoms with E-state index in [1.165, 1.54) is 0 Å². The average molecular weight is 230 g/mol. The van der Waals surface area contributed by atoms with Crippen LogP contribution in [-0.4, -0.2) is 22.1 Å². The van der Waals surface area contributed by atoms with Crippen LogP contribution in [0, 0.1) is 0 Å². The molecule has 0 radical (unpaired) electrons. The third-order valence-electron chi connectivity index (χ3n) is 2.71. The largest absolute Gasteiger partial charge is 0.480 e. The van der Waals surface area contributed by atoms with Crippen LogP contribution in [0.4, 0.5) is 0 Å². The molecule has 4 heteroatoms. The number of aromatic nitrogens is 1. The maximum atomic E-state index is 10.7. The van der Waals surface area contributed by atoms with E-state index in [-0.39, 0.29) is 0 Å². The Morgan fingerprint density at radius 1 is 1.41 bits per heavy atom. The van der Waals surface area contributed by atoms with Crippen molar-refractivity contribution in [2.45, 2.75) is 19.5 Å². The molecule has 0 fully saturated rings. The van der Waals surface area contributed by atoms with Crippen LogP contribution >= 0.6 is 0 Å². The summed E-state index contributed by atoms with van der Waals surface area (Å²) < 4.78 is 0. The first-order valence-corrected chi connectivity index (χ1v) is 5.47. The second-order valence-electron chi connectivity index (χ2n) is 3.93. The first-order chi connectivity index (χ1) is 8.18. The summed E-state index contributed by atoms with van der Waals surface area (Å²) in [5.41, 5.74) is 1.98. The molecule has 0 aliphatic rings. The number of hydrogen-bond donors (Lipinski definition) is 2. The summed E-state index contributed by atoms with van der Waals surface area (Å²) in [5.74, 6) is -0.844.